The molecule has 0 unspecified atom stereocenters. The van der Waals surface area contributed by atoms with Gasteiger partial charge in [-0.3, -0.25) is 0 Å². The summed E-state index contributed by atoms with van der Waals surface area (Å²) < 4.78 is 5.33. The maximum atomic E-state index is 12.2. The molecular weight excluding hydrogens is 306 g/mol. The molecule has 1 saturated heterocycles. The van der Waals surface area contributed by atoms with Crippen LogP contribution in [0.4, 0.5) is 4.79 Å². The van der Waals surface area contributed by atoms with E-state index in [0.29, 0.717) is 31.5 Å². The van der Waals surface area contributed by atoms with Gasteiger partial charge in [-0.05, 0) is 36.1 Å². The Morgan fingerprint density at radius 3 is 2.46 bits per heavy atom. The minimum Gasteiger partial charge on any atom is -0.508 e. The van der Waals surface area contributed by atoms with Gasteiger partial charge in [0.15, 0.2) is 0 Å². The third kappa shape index (κ3) is 3.68. The van der Waals surface area contributed by atoms with Crippen molar-refractivity contribution < 1.29 is 19.7 Å². The lowest BCUT2D eigenvalue weighted by atomic mass is 9.84. The van der Waals surface area contributed by atoms with Crippen LogP contribution in [-0.2, 0) is 16.9 Å². The van der Waals surface area contributed by atoms with Crippen LogP contribution in [0.1, 0.15) is 24.0 Å². The molecule has 0 radical (unpaired) electrons. The fraction of sp³-hybridized carbons (Fsp3) is 0.316. The van der Waals surface area contributed by atoms with Gasteiger partial charge in [0, 0.05) is 13.1 Å². The van der Waals surface area contributed by atoms with Gasteiger partial charge in [-0.25, -0.2) is 4.79 Å². The van der Waals surface area contributed by atoms with Crippen LogP contribution < -0.4 is 0 Å². The Hall–Kier alpha value is -2.53. The molecule has 2 N–H and O–H groups in total. The molecule has 5 nitrogen and oxygen atoms in total. The van der Waals surface area contributed by atoms with Gasteiger partial charge in [0.25, 0.3) is 0 Å². The number of likely N-dealkylation sites (tertiary alicyclic amines) is 1. The van der Waals surface area contributed by atoms with Crippen LogP contribution in [0, 0.1) is 0 Å². The normalized spacial score (nSPS) is 16.6. The van der Waals surface area contributed by atoms with Crippen LogP contribution >= 0.6 is 0 Å². The summed E-state index contributed by atoms with van der Waals surface area (Å²) in [6.45, 7) is 1.08. The van der Waals surface area contributed by atoms with E-state index in [0.717, 1.165) is 5.56 Å². The SMILES string of the molecule is O=C(OCc1ccccc1)N1CCC(O)(c2cccc(O)c2)CC1. The van der Waals surface area contributed by atoms with Gasteiger partial charge in [-0.15, -0.1) is 0 Å². The van der Waals surface area contributed by atoms with Gasteiger partial charge in [0.2, 0.25) is 0 Å². The van der Waals surface area contributed by atoms with E-state index in [1.54, 1.807) is 29.2 Å². The molecule has 0 spiro atoms. The second-order valence-corrected chi connectivity index (χ2v) is 6.11. The molecule has 1 amide bonds. The molecule has 1 heterocycles. The van der Waals surface area contributed by atoms with Gasteiger partial charge in [-0.2, -0.15) is 0 Å². The quantitative estimate of drug-likeness (QED) is 0.909. The summed E-state index contributed by atoms with van der Waals surface area (Å²) in [7, 11) is 0. The third-order valence-electron chi connectivity index (χ3n) is 4.44. The minimum atomic E-state index is -1.02. The van der Waals surface area contributed by atoms with E-state index in [-0.39, 0.29) is 18.4 Å². The Morgan fingerprint density at radius 2 is 1.79 bits per heavy atom. The van der Waals surface area contributed by atoms with Crippen molar-refractivity contribution in [1.82, 2.24) is 4.90 Å². The summed E-state index contributed by atoms with van der Waals surface area (Å²) >= 11 is 0. The van der Waals surface area contributed by atoms with E-state index in [4.69, 9.17) is 4.74 Å². The number of carbonyl (C=O) groups excluding carboxylic acids is 1. The van der Waals surface area contributed by atoms with E-state index in [1.807, 2.05) is 30.3 Å². The number of rotatable bonds is 3. The van der Waals surface area contributed by atoms with Gasteiger partial charge >= 0.3 is 6.09 Å². The Bertz CT molecular complexity index is 694. The van der Waals surface area contributed by atoms with Crippen LogP contribution in [0.15, 0.2) is 54.6 Å². The van der Waals surface area contributed by atoms with Crippen molar-refractivity contribution in [3.05, 3.63) is 65.7 Å². The lowest BCUT2D eigenvalue weighted by Gasteiger charge is -2.38. The lowest BCUT2D eigenvalue weighted by Crippen LogP contribution is -2.45. The average molecular weight is 327 g/mol. The van der Waals surface area contributed by atoms with Crippen molar-refractivity contribution in [2.75, 3.05) is 13.1 Å². The predicted molar refractivity (Wildman–Crippen MR) is 89.4 cm³/mol. The topological polar surface area (TPSA) is 70.0 Å². The first-order valence-electron chi connectivity index (χ1n) is 8.04. The van der Waals surface area contributed by atoms with Crippen LogP contribution in [-0.4, -0.2) is 34.3 Å². The highest BCUT2D eigenvalue weighted by atomic mass is 16.6. The monoisotopic (exact) mass is 327 g/mol. The Balaban J connectivity index is 1.55. The number of aromatic hydroxyl groups is 1. The zero-order chi connectivity index (χ0) is 17.0. The molecular formula is C19H21NO4. The molecule has 0 atom stereocenters. The van der Waals surface area contributed by atoms with Gasteiger partial charge in [0.1, 0.15) is 12.4 Å². The number of carbonyl (C=O) groups is 1. The first kappa shape index (κ1) is 16.3. The first-order chi connectivity index (χ1) is 11.6. The maximum Gasteiger partial charge on any atom is 0.410 e. The number of phenolic OH excluding ortho intramolecular Hbond substituents is 1. The summed E-state index contributed by atoms with van der Waals surface area (Å²) in [5.41, 5.74) is 0.605. The van der Waals surface area contributed by atoms with Crippen LogP contribution in [0.5, 0.6) is 5.75 Å². The number of aliphatic hydroxyl groups is 1. The highest BCUT2D eigenvalue weighted by Crippen LogP contribution is 2.34. The zero-order valence-corrected chi connectivity index (χ0v) is 13.4. The molecule has 2 aromatic carbocycles. The molecule has 0 saturated carbocycles. The second-order valence-electron chi connectivity index (χ2n) is 6.11. The number of ether oxygens (including phenoxy) is 1. The smallest absolute Gasteiger partial charge is 0.410 e. The Morgan fingerprint density at radius 1 is 1.08 bits per heavy atom. The molecule has 1 fully saturated rings. The maximum absolute atomic E-state index is 12.2. The molecule has 0 aliphatic carbocycles. The highest BCUT2D eigenvalue weighted by Gasteiger charge is 2.36. The summed E-state index contributed by atoms with van der Waals surface area (Å²) in [6, 6.07) is 16.2. The Kier molecular flexibility index (Phi) is 4.71. The van der Waals surface area contributed by atoms with Gasteiger partial charge < -0.3 is 19.8 Å². The molecule has 0 bridgehead atoms. The number of nitrogens with zero attached hydrogens (tertiary/aromatic N) is 1. The third-order valence-corrected chi connectivity index (χ3v) is 4.44. The van der Waals surface area contributed by atoms with Crippen molar-refractivity contribution in [3.63, 3.8) is 0 Å². The van der Waals surface area contributed by atoms with Crippen molar-refractivity contribution in [1.29, 1.82) is 0 Å². The summed E-state index contributed by atoms with van der Waals surface area (Å²) in [5.74, 6) is 0.130. The average Bonchev–Trinajstić information content (AvgIpc) is 2.61. The number of hydrogen-bond donors (Lipinski definition) is 2. The highest BCUT2D eigenvalue weighted by molar-refractivity contribution is 5.67. The molecule has 1 aliphatic rings. The van der Waals surface area contributed by atoms with Crippen molar-refractivity contribution in [2.45, 2.75) is 25.0 Å². The minimum absolute atomic E-state index is 0.130. The van der Waals surface area contributed by atoms with Crippen molar-refractivity contribution in [2.24, 2.45) is 0 Å². The van der Waals surface area contributed by atoms with Gasteiger partial charge in [0.05, 0.1) is 5.60 Å². The fourth-order valence-electron chi connectivity index (χ4n) is 2.95. The molecule has 5 heteroatoms. The van der Waals surface area contributed by atoms with Gasteiger partial charge in [-0.1, -0.05) is 42.5 Å². The lowest BCUT2D eigenvalue weighted by molar-refractivity contribution is -0.0256. The molecule has 2 aromatic rings. The molecule has 0 aromatic heterocycles. The second kappa shape index (κ2) is 6.93. The largest absolute Gasteiger partial charge is 0.508 e. The number of hydrogen-bond acceptors (Lipinski definition) is 4. The van der Waals surface area contributed by atoms with E-state index in [9.17, 15) is 15.0 Å². The number of piperidine rings is 1. The van der Waals surface area contributed by atoms with Crippen LogP contribution in [0.2, 0.25) is 0 Å². The Labute approximate surface area is 141 Å². The van der Waals surface area contributed by atoms with Crippen molar-refractivity contribution >= 4 is 6.09 Å². The molecule has 1 aliphatic heterocycles. The van der Waals surface area contributed by atoms with E-state index in [2.05, 4.69) is 0 Å². The summed E-state index contributed by atoms with van der Waals surface area (Å²) in [6.07, 6.45) is 0.463. The number of benzene rings is 2. The van der Waals surface area contributed by atoms with E-state index >= 15 is 0 Å². The molecule has 3 rings (SSSR count). The molecule has 126 valence electrons. The van der Waals surface area contributed by atoms with Crippen molar-refractivity contribution in [3.8, 4) is 5.75 Å². The predicted octanol–water partition coefficient (Wildman–Crippen LogP) is 3.01. The van der Waals surface area contributed by atoms with E-state index < -0.39 is 5.60 Å². The zero-order valence-electron chi connectivity index (χ0n) is 13.4. The van der Waals surface area contributed by atoms with Crippen LogP contribution in [0.25, 0.3) is 0 Å². The summed E-state index contributed by atoms with van der Waals surface area (Å²) in [5, 5.41) is 20.4. The van der Waals surface area contributed by atoms with E-state index in [1.165, 1.54) is 0 Å². The summed E-state index contributed by atoms with van der Waals surface area (Å²) in [4.78, 5) is 13.8. The standard InChI is InChI=1S/C19H21NO4/c21-17-8-4-7-16(13-17)19(23)9-11-20(12-10-19)18(22)24-14-15-5-2-1-3-6-15/h1-8,13,21,23H,9-12,14H2. The first-order valence-corrected chi connectivity index (χ1v) is 8.04. The number of phenols is 1. The fourth-order valence-corrected chi connectivity index (χ4v) is 2.95. The molecule has 24 heavy (non-hydrogen) atoms. The van der Waals surface area contributed by atoms with Crippen LogP contribution in [0.3, 0.4) is 0 Å². The number of amides is 1.